The SMILES string of the molecule is CN(C)CCN.Cc1ccc(/C(=C2/C(=O)Nc3ccccc32)c2ccccc2)cc1.Cc1ccc(C(=O)c2ccccc2)cc1.O=C1Cc2ccccc2N1. The molecule has 0 unspecified atom stereocenters. The van der Waals surface area contributed by atoms with E-state index < -0.39 is 0 Å². The number of hydrogen-bond acceptors (Lipinski definition) is 5. The van der Waals surface area contributed by atoms with E-state index in [0.717, 1.165) is 69.0 Å². The molecule has 6 aromatic rings. The van der Waals surface area contributed by atoms with Gasteiger partial charge >= 0.3 is 0 Å². The highest BCUT2D eigenvalue weighted by Gasteiger charge is 2.28. The van der Waals surface area contributed by atoms with Gasteiger partial charge in [-0.25, -0.2) is 0 Å². The summed E-state index contributed by atoms with van der Waals surface area (Å²) in [6.45, 7) is 5.82. The van der Waals surface area contributed by atoms with Gasteiger partial charge in [-0.05, 0) is 56.8 Å². The Kier molecular flexibility index (Phi) is 14.2. The molecular formula is C48H48N4O3. The van der Waals surface area contributed by atoms with Crippen molar-refractivity contribution in [1.82, 2.24) is 4.90 Å². The van der Waals surface area contributed by atoms with Gasteiger partial charge in [-0.15, -0.1) is 0 Å². The van der Waals surface area contributed by atoms with Gasteiger partial charge in [0.05, 0.1) is 12.0 Å². The predicted octanol–water partition coefficient (Wildman–Crippen LogP) is 8.82. The lowest BCUT2D eigenvalue weighted by Crippen LogP contribution is -2.20. The zero-order valence-electron chi connectivity index (χ0n) is 31.9. The van der Waals surface area contributed by atoms with Crippen LogP contribution >= 0.6 is 0 Å². The Hall–Kier alpha value is -6.41. The van der Waals surface area contributed by atoms with E-state index in [1.165, 1.54) is 11.1 Å². The second-order valence-corrected chi connectivity index (χ2v) is 13.5. The maximum absolute atomic E-state index is 12.7. The molecule has 4 N–H and O–H groups in total. The minimum absolute atomic E-state index is 0.0457. The molecule has 0 bridgehead atoms. The van der Waals surface area contributed by atoms with Crippen LogP contribution in [0.25, 0.3) is 11.1 Å². The van der Waals surface area contributed by atoms with Gasteiger partial charge in [0.2, 0.25) is 5.91 Å². The fourth-order valence-corrected chi connectivity index (χ4v) is 6.03. The van der Waals surface area contributed by atoms with E-state index in [2.05, 4.69) is 58.9 Å². The number of carbonyl (C=O) groups is 3. The summed E-state index contributed by atoms with van der Waals surface area (Å²) in [6, 6.07) is 51.0. The van der Waals surface area contributed by atoms with Gasteiger partial charge in [-0.3, -0.25) is 14.4 Å². The monoisotopic (exact) mass is 728 g/mol. The Labute approximate surface area is 324 Å². The molecule has 2 aliphatic heterocycles. The number of fused-ring (bicyclic) bond motifs is 2. The number of nitrogens with one attached hydrogen (secondary N) is 2. The highest BCUT2D eigenvalue weighted by molar-refractivity contribution is 6.38. The van der Waals surface area contributed by atoms with Crippen LogP contribution in [0, 0.1) is 13.8 Å². The van der Waals surface area contributed by atoms with Crippen LogP contribution in [-0.2, 0) is 16.0 Å². The van der Waals surface area contributed by atoms with E-state index in [-0.39, 0.29) is 17.6 Å². The molecule has 7 nitrogen and oxygen atoms in total. The minimum atomic E-state index is -0.0457. The van der Waals surface area contributed by atoms with Gasteiger partial charge in [0.1, 0.15) is 0 Å². The van der Waals surface area contributed by atoms with Crippen molar-refractivity contribution in [2.45, 2.75) is 20.3 Å². The van der Waals surface area contributed by atoms with Crippen LogP contribution in [0.1, 0.15) is 49.3 Å². The first-order chi connectivity index (χ1) is 26.6. The minimum Gasteiger partial charge on any atom is -0.329 e. The Bertz CT molecular complexity index is 2200. The largest absolute Gasteiger partial charge is 0.329 e. The molecule has 8 rings (SSSR count). The number of rotatable bonds is 6. The van der Waals surface area contributed by atoms with Crippen molar-refractivity contribution in [3.63, 3.8) is 0 Å². The highest BCUT2D eigenvalue weighted by atomic mass is 16.2. The van der Waals surface area contributed by atoms with Crippen LogP contribution in [0.2, 0.25) is 0 Å². The molecule has 2 amide bonds. The third-order valence-corrected chi connectivity index (χ3v) is 8.89. The molecule has 0 radical (unpaired) electrons. The predicted molar refractivity (Wildman–Crippen MR) is 226 cm³/mol. The third-order valence-electron chi connectivity index (χ3n) is 8.89. The number of para-hydroxylation sites is 2. The van der Waals surface area contributed by atoms with Crippen molar-refractivity contribution in [3.05, 3.63) is 202 Å². The fourth-order valence-electron chi connectivity index (χ4n) is 6.03. The lowest BCUT2D eigenvalue weighted by atomic mass is 9.90. The molecule has 2 heterocycles. The summed E-state index contributed by atoms with van der Waals surface area (Å²) in [6.07, 6.45) is 0.538. The standard InChI is InChI=1S/C22H17NO.C14H12O.C8H7NO.C4H12N2/c1-15-11-13-17(14-12-15)20(16-7-3-2-4-8-16)21-18-9-5-6-10-19(18)23-22(21)24;1-11-7-9-13(10-8-11)14(15)12-5-3-2-4-6-12;10-8-5-6-3-1-2-4-7(6)9-8;1-6(2)4-3-5/h2-14H,1H3,(H,23,24);2-10H,1H3;1-4H,5H2,(H,9,10);3-5H2,1-2H3/b21-20+;;;. The molecule has 0 saturated carbocycles. The summed E-state index contributed by atoms with van der Waals surface area (Å²) in [5, 5.41) is 5.74. The van der Waals surface area contributed by atoms with Crippen molar-refractivity contribution in [1.29, 1.82) is 0 Å². The molecule has 0 fully saturated rings. The molecule has 2 aliphatic rings. The first-order valence-corrected chi connectivity index (χ1v) is 18.3. The number of likely N-dealkylation sites (N-methyl/N-ethyl adjacent to an activating group) is 1. The Morgan fingerprint density at radius 2 is 1.05 bits per heavy atom. The Balaban J connectivity index is 0.000000159. The zero-order valence-corrected chi connectivity index (χ0v) is 31.9. The summed E-state index contributed by atoms with van der Waals surface area (Å²) in [4.78, 5) is 37.5. The van der Waals surface area contributed by atoms with E-state index in [4.69, 9.17) is 5.73 Å². The summed E-state index contributed by atoms with van der Waals surface area (Å²) in [7, 11) is 4.01. The molecule has 0 saturated heterocycles. The van der Waals surface area contributed by atoms with Gasteiger partial charge in [0.15, 0.2) is 5.78 Å². The summed E-state index contributed by atoms with van der Waals surface area (Å²) < 4.78 is 0. The van der Waals surface area contributed by atoms with Crippen molar-refractivity contribution in [2.75, 3.05) is 37.8 Å². The number of anilines is 2. The number of nitrogens with two attached hydrogens (primary N) is 1. The lowest BCUT2D eigenvalue weighted by molar-refractivity contribution is -0.115. The molecule has 55 heavy (non-hydrogen) atoms. The van der Waals surface area contributed by atoms with Crippen LogP contribution in [0.5, 0.6) is 0 Å². The fraction of sp³-hybridized carbons (Fsp3) is 0.146. The average molecular weight is 729 g/mol. The summed E-state index contributed by atoms with van der Waals surface area (Å²) in [5.74, 6) is 0.132. The van der Waals surface area contributed by atoms with Crippen molar-refractivity contribution in [3.8, 4) is 0 Å². The molecular weight excluding hydrogens is 681 g/mol. The van der Waals surface area contributed by atoms with E-state index in [0.29, 0.717) is 6.42 Å². The number of hydrogen-bond donors (Lipinski definition) is 3. The molecule has 6 aromatic carbocycles. The number of nitrogens with zero attached hydrogens (tertiary/aromatic N) is 1. The number of benzene rings is 6. The highest BCUT2D eigenvalue weighted by Crippen LogP contribution is 2.39. The zero-order chi connectivity index (χ0) is 39.2. The second kappa shape index (κ2) is 19.6. The third kappa shape index (κ3) is 11.1. The molecule has 278 valence electrons. The van der Waals surface area contributed by atoms with Crippen molar-refractivity contribution >= 4 is 40.1 Å². The van der Waals surface area contributed by atoms with Gasteiger partial charge in [0, 0.05) is 46.7 Å². The average Bonchev–Trinajstić information content (AvgIpc) is 3.75. The molecule has 7 heteroatoms. The first-order valence-electron chi connectivity index (χ1n) is 18.3. The second-order valence-electron chi connectivity index (χ2n) is 13.5. The van der Waals surface area contributed by atoms with E-state index in [1.54, 1.807) is 0 Å². The summed E-state index contributed by atoms with van der Waals surface area (Å²) in [5.41, 5.74) is 16.7. The van der Waals surface area contributed by atoms with Crippen LogP contribution in [0.4, 0.5) is 11.4 Å². The Morgan fingerprint density at radius 3 is 1.60 bits per heavy atom. The lowest BCUT2D eigenvalue weighted by Gasteiger charge is -2.12. The Morgan fingerprint density at radius 1 is 0.582 bits per heavy atom. The van der Waals surface area contributed by atoms with Crippen LogP contribution in [0.3, 0.4) is 0 Å². The quantitative estimate of drug-likeness (QED) is 0.118. The van der Waals surface area contributed by atoms with Crippen molar-refractivity contribution < 1.29 is 14.4 Å². The molecule has 0 aromatic heterocycles. The normalized spacial score (nSPS) is 13.0. The summed E-state index contributed by atoms with van der Waals surface area (Å²) >= 11 is 0. The number of amides is 2. The van der Waals surface area contributed by atoms with Gasteiger partial charge < -0.3 is 21.3 Å². The molecule has 0 spiro atoms. The van der Waals surface area contributed by atoms with Crippen LogP contribution in [-0.4, -0.2) is 49.7 Å². The topological polar surface area (TPSA) is 105 Å². The van der Waals surface area contributed by atoms with Crippen LogP contribution < -0.4 is 16.4 Å². The maximum atomic E-state index is 12.7. The number of carbonyl (C=O) groups excluding carboxylic acids is 3. The van der Waals surface area contributed by atoms with E-state index in [9.17, 15) is 14.4 Å². The number of aryl methyl sites for hydroxylation is 2. The van der Waals surface area contributed by atoms with Gasteiger partial charge in [-0.1, -0.05) is 157 Å². The van der Waals surface area contributed by atoms with E-state index in [1.807, 2.05) is 142 Å². The smallest absolute Gasteiger partial charge is 0.257 e. The maximum Gasteiger partial charge on any atom is 0.257 e. The number of ketones is 1. The van der Waals surface area contributed by atoms with Gasteiger partial charge in [0.25, 0.3) is 5.91 Å². The first kappa shape index (κ1) is 39.8. The molecule has 0 atom stereocenters. The van der Waals surface area contributed by atoms with Gasteiger partial charge in [-0.2, -0.15) is 0 Å². The molecule has 0 aliphatic carbocycles. The van der Waals surface area contributed by atoms with Crippen LogP contribution in [0.15, 0.2) is 158 Å². The van der Waals surface area contributed by atoms with Crippen molar-refractivity contribution in [2.24, 2.45) is 5.73 Å². The van der Waals surface area contributed by atoms with E-state index >= 15 is 0 Å².